The van der Waals surface area contributed by atoms with E-state index in [2.05, 4.69) is 21.2 Å². The fraction of sp³-hybridized carbons (Fsp3) is 0.579. The molecule has 0 aliphatic carbocycles. The number of rotatable bonds is 5. The fourth-order valence-corrected chi connectivity index (χ4v) is 9.20. The molecule has 0 saturated carbocycles. The number of aryl methyl sites for hydroxylation is 1. The summed E-state index contributed by atoms with van der Waals surface area (Å²) in [5.74, 6) is 0.904. The predicted octanol–water partition coefficient (Wildman–Crippen LogP) is 3.96. The van der Waals surface area contributed by atoms with Gasteiger partial charge in [-0.2, -0.15) is 5.26 Å². The molecule has 1 unspecified atom stereocenters. The summed E-state index contributed by atoms with van der Waals surface area (Å²) < 4.78 is 29.3. The first-order valence-electron chi connectivity index (χ1n) is 17.9. The van der Waals surface area contributed by atoms with Crippen LogP contribution in [0.3, 0.4) is 0 Å². The first-order chi connectivity index (χ1) is 24.7. The zero-order valence-electron chi connectivity index (χ0n) is 31.0. The van der Waals surface area contributed by atoms with Crippen LogP contribution in [0.25, 0.3) is 0 Å². The zero-order valence-corrected chi connectivity index (χ0v) is 31.0. The summed E-state index contributed by atoms with van der Waals surface area (Å²) in [6.45, 7) is 10.8. The summed E-state index contributed by atoms with van der Waals surface area (Å²) in [5, 5.41) is 25.9. The molecule has 14 nitrogen and oxygen atoms in total. The highest BCUT2D eigenvalue weighted by atomic mass is 16.7. The molecule has 2 bridgehead atoms. The summed E-state index contributed by atoms with van der Waals surface area (Å²) in [7, 11) is 3.50. The monoisotopic (exact) mass is 717 g/mol. The normalized spacial score (nSPS) is 26.1. The molecule has 7 rings (SSSR count). The summed E-state index contributed by atoms with van der Waals surface area (Å²) in [6.07, 6.45) is 1.43. The average Bonchev–Trinajstić information content (AvgIpc) is 3.76. The van der Waals surface area contributed by atoms with Crippen LogP contribution in [0.5, 0.6) is 28.7 Å². The zero-order chi connectivity index (χ0) is 37.4. The van der Waals surface area contributed by atoms with Gasteiger partial charge in [0.15, 0.2) is 23.0 Å². The number of ether oxygens (including phenoxy) is 5. The van der Waals surface area contributed by atoms with Crippen molar-refractivity contribution < 1.29 is 43.2 Å². The number of nitrogens with zero attached hydrogens (tertiary/aromatic N) is 4. The number of amides is 2. The third-order valence-electron chi connectivity index (χ3n) is 11.2. The van der Waals surface area contributed by atoms with Gasteiger partial charge in [-0.25, -0.2) is 4.79 Å². The van der Waals surface area contributed by atoms with E-state index in [1.54, 1.807) is 20.8 Å². The van der Waals surface area contributed by atoms with Crippen LogP contribution in [0.4, 0.5) is 4.79 Å². The topological polar surface area (TPSA) is 163 Å². The molecule has 2 aromatic carbocycles. The Hall–Kier alpha value is -4.74. The number of carbonyl (C=O) groups is 3. The van der Waals surface area contributed by atoms with Gasteiger partial charge in [0, 0.05) is 54.4 Å². The first-order valence-corrected chi connectivity index (χ1v) is 17.9. The molecule has 5 aliphatic rings. The molecular formula is C38H47N5O9. The maximum Gasteiger partial charge on any atom is 0.410 e. The second-order valence-corrected chi connectivity index (χ2v) is 15.4. The van der Waals surface area contributed by atoms with Crippen molar-refractivity contribution in [3.8, 4) is 34.8 Å². The Morgan fingerprint density at radius 3 is 2.50 bits per heavy atom. The van der Waals surface area contributed by atoms with Crippen molar-refractivity contribution in [3.63, 3.8) is 0 Å². The summed E-state index contributed by atoms with van der Waals surface area (Å²) in [4.78, 5) is 45.5. The van der Waals surface area contributed by atoms with Crippen LogP contribution in [0.15, 0.2) is 6.07 Å². The fourth-order valence-electron chi connectivity index (χ4n) is 9.20. The highest BCUT2D eigenvalue weighted by Gasteiger charge is 2.57. The van der Waals surface area contributed by atoms with Crippen molar-refractivity contribution in [2.75, 3.05) is 34.0 Å². The molecule has 2 fully saturated rings. The van der Waals surface area contributed by atoms with Gasteiger partial charge < -0.3 is 34.1 Å². The quantitative estimate of drug-likeness (QED) is 0.339. The molecule has 0 aromatic heterocycles. The van der Waals surface area contributed by atoms with E-state index >= 15 is 0 Å². The maximum atomic E-state index is 14.0. The minimum absolute atomic E-state index is 0.0440. The second-order valence-electron chi connectivity index (χ2n) is 15.4. The van der Waals surface area contributed by atoms with Crippen LogP contribution in [0, 0.1) is 25.2 Å². The molecule has 2 N–H and O–H groups in total. The Kier molecular flexibility index (Phi) is 8.94. The number of fused-ring (bicyclic) bond motifs is 9. The smallest absolute Gasteiger partial charge is 0.410 e. The van der Waals surface area contributed by atoms with Crippen molar-refractivity contribution in [2.24, 2.45) is 0 Å². The van der Waals surface area contributed by atoms with Crippen LogP contribution < -0.4 is 24.3 Å². The summed E-state index contributed by atoms with van der Waals surface area (Å²) >= 11 is 0. The van der Waals surface area contributed by atoms with Gasteiger partial charge in [-0.05, 0) is 78.5 Å². The van der Waals surface area contributed by atoms with Crippen LogP contribution in [-0.4, -0.2) is 102 Å². The van der Waals surface area contributed by atoms with Gasteiger partial charge in [-0.3, -0.25) is 24.3 Å². The summed E-state index contributed by atoms with van der Waals surface area (Å²) in [6, 6.07) is 1.55. The number of nitrogens with one attached hydrogen (secondary N) is 1. The van der Waals surface area contributed by atoms with Gasteiger partial charge in [0.25, 0.3) is 0 Å². The molecule has 2 amide bonds. The van der Waals surface area contributed by atoms with E-state index in [9.17, 15) is 24.8 Å². The lowest BCUT2D eigenvalue weighted by Crippen LogP contribution is -2.69. The number of piperazine rings is 1. The lowest BCUT2D eigenvalue weighted by Gasteiger charge is -2.60. The van der Waals surface area contributed by atoms with Crippen LogP contribution in [0.1, 0.15) is 86.0 Å². The Morgan fingerprint density at radius 1 is 1.10 bits per heavy atom. The number of phenols is 1. The number of esters is 1. The lowest BCUT2D eigenvalue weighted by molar-refractivity contribution is -0.132. The van der Waals surface area contributed by atoms with Crippen LogP contribution in [0.2, 0.25) is 0 Å². The Bertz CT molecular complexity index is 1880. The molecule has 2 saturated heterocycles. The third-order valence-corrected chi connectivity index (χ3v) is 11.2. The van der Waals surface area contributed by atoms with Crippen molar-refractivity contribution in [3.05, 3.63) is 39.4 Å². The average molecular weight is 718 g/mol. The molecule has 52 heavy (non-hydrogen) atoms. The van der Waals surface area contributed by atoms with Crippen LogP contribution in [-0.2, 0) is 27.2 Å². The highest BCUT2D eigenvalue weighted by Crippen LogP contribution is 2.58. The number of hydrogen-bond donors (Lipinski definition) is 2. The van der Waals surface area contributed by atoms with E-state index in [-0.39, 0.29) is 31.0 Å². The number of nitriles is 1. The molecule has 278 valence electrons. The van der Waals surface area contributed by atoms with Gasteiger partial charge in [-0.1, -0.05) is 6.07 Å². The second kappa shape index (κ2) is 13.0. The van der Waals surface area contributed by atoms with Gasteiger partial charge in [0.05, 0.1) is 25.3 Å². The minimum Gasteiger partial charge on any atom is -0.504 e. The van der Waals surface area contributed by atoms with Gasteiger partial charge in [-0.15, -0.1) is 0 Å². The van der Waals surface area contributed by atoms with E-state index in [1.165, 1.54) is 18.9 Å². The number of likely N-dealkylation sites (N-methyl/N-ethyl adjacent to an activating group) is 1. The minimum atomic E-state index is -0.730. The largest absolute Gasteiger partial charge is 0.504 e. The van der Waals surface area contributed by atoms with E-state index in [0.29, 0.717) is 71.9 Å². The first kappa shape index (κ1) is 35.7. The standard InChI is InChI=1S/C38H47N5O9/c1-18-12-21-13-24-26(15-39)43-25(30(41(24)7)28(21)31(45)32(18)48-8)14-22-29(35-34(49-17-50-35)19(2)33(22)51-20(3)44)27(43)16-40-36(46)23-10-9-11-42(23)37(47)52-38(4,5)6/h12,23-27,30,45H,9-11,13-14,16-17H2,1-8H3,(H,40,46)/t23-,24-,25?,26-,27-,30-/m0/s1. The van der Waals surface area contributed by atoms with Crippen molar-refractivity contribution in [1.29, 1.82) is 5.26 Å². The van der Waals surface area contributed by atoms with Gasteiger partial charge in [0.1, 0.15) is 23.4 Å². The molecule has 6 atom stereocenters. The molecule has 14 heteroatoms. The maximum absolute atomic E-state index is 14.0. The molecule has 2 aromatic rings. The predicted molar refractivity (Wildman–Crippen MR) is 186 cm³/mol. The highest BCUT2D eigenvalue weighted by molar-refractivity contribution is 5.86. The Balaban J connectivity index is 1.36. The van der Waals surface area contributed by atoms with E-state index in [4.69, 9.17) is 23.7 Å². The SMILES string of the molecule is COc1c(C)cc2c(c1O)[C@@H]1C3Cc4c(OC(C)=O)c(C)c5c(c4[C@H](CNC(=O)[C@@H]4CCCN4C(=O)OC(C)(C)C)N3[C@@H](C#N)[C@H](C2)N1C)OCO5. The molecule has 0 spiro atoms. The number of phenolic OH excluding ortho intramolecular Hbond substituents is 1. The number of methoxy groups -OCH3 is 1. The molecular weight excluding hydrogens is 670 g/mol. The number of likely N-dealkylation sites (tertiary alicyclic amines) is 1. The third kappa shape index (κ3) is 5.65. The van der Waals surface area contributed by atoms with Crippen molar-refractivity contribution in [1.82, 2.24) is 20.0 Å². The lowest BCUT2D eigenvalue weighted by atomic mass is 9.71. The molecule has 5 heterocycles. The number of benzene rings is 2. The van der Waals surface area contributed by atoms with E-state index in [0.717, 1.165) is 16.7 Å². The van der Waals surface area contributed by atoms with Gasteiger partial charge in [0.2, 0.25) is 12.7 Å². The van der Waals surface area contributed by atoms with E-state index in [1.807, 2.05) is 27.0 Å². The van der Waals surface area contributed by atoms with E-state index < -0.39 is 47.9 Å². The van der Waals surface area contributed by atoms with Crippen molar-refractivity contribution >= 4 is 18.0 Å². The van der Waals surface area contributed by atoms with Crippen molar-refractivity contribution in [2.45, 2.75) is 109 Å². The van der Waals surface area contributed by atoms with Crippen LogP contribution >= 0.6 is 0 Å². The van der Waals surface area contributed by atoms with Gasteiger partial charge >= 0.3 is 12.1 Å². The molecule has 5 aliphatic heterocycles. The Labute approximate surface area is 303 Å². The number of carbonyl (C=O) groups excluding carboxylic acids is 3. The molecule has 0 radical (unpaired) electrons. The number of hydrogen-bond acceptors (Lipinski definition) is 12. The Morgan fingerprint density at radius 2 is 1.83 bits per heavy atom. The summed E-state index contributed by atoms with van der Waals surface area (Å²) in [5.41, 5.74) is 3.75. The number of aromatic hydroxyl groups is 1.